The second kappa shape index (κ2) is 6.11. The molecule has 0 radical (unpaired) electrons. The van der Waals surface area contributed by atoms with Crippen LogP contribution >= 0.6 is 0 Å². The molecule has 100 valence electrons. The zero-order valence-corrected chi connectivity index (χ0v) is 10.8. The standard InChI is InChI=1S/C15H17NO3/c1-19-13-4-2-3-11(7-13)9-16-10-12-5-6-14(17)15(18)8-12/h2-8,16-18H,9-10H2,1H3. The number of methoxy groups -OCH3 is 1. The lowest BCUT2D eigenvalue weighted by Crippen LogP contribution is -2.12. The molecule has 4 heteroatoms. The van der Waals surface area contributed by atoms with E-state index in [4.69, 9.17) is 4.74 Å². The summed E-state index contributed by atoms with van der Waals surface area (Å²) in [6, 6.07) is 12.6. The van der Waals surface area contributed by atoms with Crippen LogP contribution in [-0.2, 0) is 13.1 Å². The van der Waals surface area contributed by atoms with Gasteiger partial charge in [0.25, 0.3) is 0 Å². The zero-order chi connectivity index (χ0) is 13.7. The second-order valence-electron chi connectivity index (χ2n) is 4.28. The first-order chi connectivity index (χ1) is 9.19. The molecule has 0 heterocycles. The smallest absolute Gasteiger partial charge is 0.157 e. The Morgan fingerprint density at radius 2 is 1.68 bits per heavy atom. The Hall–Kier alpha value is -2.20. The molecular weight excluding hydrogens is 242 g/mol. The lowest BCUT2D eigenvalue weighted by Gasteiger charge is -2.07. The third-order valence-electron chi connectivity index (χ3n) is 2.83. The van der Waals surface area contributed by atoms with Crippen molar-refractivity contribution in [2.45, 2.75) is 13.1 Å². The molecule has 0 unspecified atom stereocenters. The number of phenols is 2. The predicted molar refractivity (Wildman–Crippen MR) is 73.3 cm³/mol. The minimum absolute atomic E-state index is 0.0966. The maximum atomic E-state index is 9.39. The Bertz CT molecular complexity index is 555. The Morgan fingerprint density at radius 3 is 2.37 bits per heavy atom. The highest BCUT2D eigenvalue weighted by molar-refractivity contribution is 5.40. The van der Waals surface area contributed by atoms with Crippen molar-refractivity contribution in [1.29, 1.82) is 0 Å². The van der Waals surface area contributed by atoms with Crippen LogP contribution in [0.25, 0.3) is 0 Å². The Balaban J connectivity index is 1.90. The van der Waals surface area contributed by atoms with Crippen LogP contribution in [0, 0.1) is 0 Å². The molecule has 2 aromatic rings. The van der Waals surface area contributed by atoms with E-state index in [1.165, 1.54) is 6.07 Å². The van der Waals surface area contributed by atoms with Gasteiger partial charge >= 0.3 is 0 Å². The van der Waals surface area contributed by atoms with Gasteiger partial charge in [-0.3, -0.25) is 0 Å². The van der Waals surface area contributed by atoms with Crippen molar-refractivity contribution in [2.24, 2.45) is 0 Å². The third kappa shape index (κ3) is 3.63. The van der Waals surface area contributed by atoms with E-state index < -0.39 is 0 Å². The number of phenolic OH excluding ortho intramolecular Hbond substituents is 2. The number of hydrogen-bond acceptors (Lipinski definition) is 4. The molecule has 4 nitrogen and oxygen atoms in total. The Morgan fingerprint density at radius 1 is 0.947 bits per heavy atom. The molecule has 0 fully saturated rings. The molecule has 0 aliphatic carbocycles. The second-order valence-corrected chi connectivity index (χ2v) is 4.28. The molecule has 0 saturated carbocycles. The normalized spacial score (nSPS) is 10.4. The molecule has 0 bridgehead atoms. The van der Waals surface area contributed by atoms with Crippen LogP contribution in [0.4, 0.5) is 0 Å². The summed E-state index contributed by atoms with van der Waals surface area (Å²) in [4.78, 5) is 0. The molecule has 0 aliphatic heterocycles. The van der Waals surface area contributed by atoms with Crippen LogP contribution in [0.1, 0.15) is 11.1 Å². The van der Waals surface area contributed by atoms with E-state index in [1.807, 2.05) is 24.3 Å². The van der Waals surface area contributed by atoms with Crippen molar-refractivity contribution in [1.82, 2.24) is 5.32 Å². The van der Waals surface area contributed by atoms with E-state index in [1.54, 1.807) is 19.2 Å². The fourth-order valence-electron chi connectivity index (χ4n) is 1.81. The number of benzene rings is 2. The van der Waals surface area contributed by atoms with Gasteiger partial charge in [0, 0.05) is 13.1 Å². The molecule has 0 amide bonds. The summed E-state index contributed by atoms with van der Waals surface area (Å²) in [5.74, 6) is 0.638. The monoisotopic (exact) mass is 259 g/mol. The van der Waals surface area contributed by atoms with Crippen molar-refractivity contribution in [3.05, 3.63) is 53.6 Å². The lowest BCUT2D eigenvalue weighted by atomic mass is 10.2. The summed E-state index contributed by atoms with van der Waals surface area (Å²) in [7, 11) is 1.64. The quantitative estimate of drug-likeness (QED) is 0.722. The number of ether oxygens (including phenoxy) is 1. The van der Waals surface area contributed by atoms with Crippen LogP contribution < -0.4 is 10.1 Å². The van der Waals surface area contributed by atoms with Crippen LogP contribution in [0.3, 0.4) is 0 Å². The van der Waals surface area contributed by atoms with E-state index in [0.29, 0.717) is 13.1 Å². The van der Waals surface area contributed by atoms with E-state index in [9.17, 15) is 10.2 Å². The fourth-order valence-corrected chi connectivity index (χ4v) is 1.81. The summed E-state index contributed by atoms with van der Waals surface area (Å²) in [5.41, 5.74) is 2.04. The van der Waals surface area contributed by atoms with Crippen LogP contribution in [0.15, 0.2) is 42.5 Å². The molecule has 19 heavy (non-hydrogen) atoms. The van der Waals surface area contributed by atoms with Gasteiger partial charge < -0.3 is 20.3 Å². The van der Waals surface area contributed by atoms with E-state index in [-0.39, 0.29) is 11.5 Å². The number of aromatic hydroxyl groups is 2. The first kappa shape index (κ1) is 13.2. The molecule has 0 aliphatic rings. The minimum atomic E-state index is -0.100. The number of nitrogens with one attached hydrogen (secondary N) is 1. The molecule has 0 atom stereocenters. The summed E-state index contributed by atoms with van der Waals surface area (Å²) in [6.07, 6.45) is 0. The lowest BCUT2D eigenvalue weighted by molar-refractivity contribution is 0.403. The topological polar surface area (TPSA) is 61.7 Å². The summed E-state index contributed by atoms with van der Waals surface area (Å²) >= 11 is 0. The average Bonchev–Trinajstić information content (AvgIpc) is 2.43. The van der Waals surface area contributed by atoms with Gasteiger partial charge in [0.1, 0.15) is 5.75 Å². The molecule has 2 aromatic carbocycles. The van der Waals surface area contributed by atoms with Gasteiger partial charge in [-0.05, 0) is 35.4 Å². The summed E-state index contributed by atoms with van der Waals surface area (Å²) < 4.78 is 5.16. The van der Waals surface area contributed by atoms with Gasteiger partial charge in [-0.15, -0.1) is 0 Å². The highest BCUT2D eigenvalue weighted by Crippen LogP contribution is 2.24. The highest BCUT2D eigenvalue weighted by Gasteiger charge is 2.01. The first-order valence-electron chi connectivity index (χ1n) is 6.03. The minimum Gasteiger partial charge on any atom is -0.504 e. The van der Waals surface area contributed by atoms with Crippen LogP contribution in [0.2, 0.25) is 0 Å². The molecular formula is C15H17NO3. The van der Waals surface area contributed by atoms with Gasteiger partial charge in [0.15, 0.2) is 11.5 Å². The van der Waals surface area contributed by atoms with Crippen molar-refractivity contribution >= 4 is 0 Å². The Labute approximate surface area is 112 Å². The van der Waals surface area contributed by atoms with Crippen molar-refractivity contribution < 1.29 is 14.9 Å². The molecule has 0 aromatic heterocycles. The van der Waals surface area contributed by atoms with E-state index >= 15 is 0 Å². The Kier molecular flexibility index (Phi) is 4.26. The molecule has 0 spiro atoms. The van der Waals surface area contributed by atoms with Gasteiger partial charge in [0.2, 0.25) is 0 Å². The van der Waals surface area contributed by atoms with Crippen molar-refractivity contribution in [3.63, 3.8) is 0 Å². The first-order valence-corrected chi connectivity index (χ1v) is 6.03. The van der Waals surface area contributed by atoms with Gasteiger partial charge in [-0.2, -0.15) is 0 Å². The molecule has 3 N–H and O–H groups in total. The van der Waals surface area contributed by atoms with Gasteiger partial charge in [-0.25, -0.2) is 0 Å². The zero-order valence-electron chi connectivity index (χ0n) is 10.8. The van der Waals surface area contributed by atoms with E-state index in [0.717, 1.165) is 16.9 Å². The van der Waals surface area contributed by atoms with E-state index in [2.05, 4.69) is 5.32 Å². The maximum Gasteiger partial charge on any atom is 0.157 e. The largest absolute Gasteiger partial charge is 0.504 e. The van der Waals surface area contributed by atoms with Crippen molar-refractivity contribution in [3.8, 4) is 17.2 Å². The van der Waals surface area contributed by atoms with Gasteiger partial charge in [0.05, 0.1) is 7.11 Å². The van der Waals surface area contributed by atoms with Crippen LogP contribution in [0.5, 0.6) is 17.2 Å². The molecule has 2 rings (SSSR count). The van der Waals surface area contributed by atoms with Crippen LogP contribution in [-0.4, -0.2) is 17.3 Å². The predicted octanol–water partition coefficient (Wildman–Crippen LogP) is 2.40. The average molecular weight is 259 g/mol. The molecule has 0 saturated heterocycles. The van der Waals surface area contributed by atoms with Gasteiger partial charge in [-0.1, -0.05) is 18.2 Å². The summed E-state index contributed by atoms with van der Waals surface area (Å²) in [5, 5.41) is 21.9. The maximum absolute atomic E-state index is 9.39. The highest BCUT2D eigenvalue weighted by atomic mass is 16.5. The number of rotatable bonds is 5. The fraction of sp³-hybridized carbons (Fsp3) is 0.200. The van der Waals surface area contributed by atoms with Crippen molar-refractivity contribution in [2.75, 3.05) is 7.11 Å². The SMILES string of the molecule is COc1cccc(CNCc2ccc(O)c(O)c2)c1. The summed E-state index contributed by atoms with van der Waals surface area (Å²) in [6.45, 7) is 1.32. The third-order valence-corrected chi connectivity index (χ3v) is 2.83. The number of hydrogen-bond donors (Lipinski definition) is 3.